The van der Waals surface area contributed by atoms with Crippen molar-refractivity contribution in [2.45, 2.75) is 37.1 Å². The molecule has 1 fully saturated rings. The molecular weight excluding hydrogens is 224 g/mol. The average molecular weight is 246 g/mol. The number of amides is 1. The van der Waals surface area contributed by atoms with Gasteiger partial charge in [0.25, 0.3) is 0 Å². The van der Waals surface area contributed by atoms with Gasteiger partial charge in [0.2, 0.25) is 5.91 Å². The molecule has 1 saturated carbocycles. The fourth-order valence-corrected chi connectivity index (χ4v) is 2.26. The van der Waals surface area contributed by atoms with Crippen molar-refractivity contribution in [3.05, 3.63) is 0 Å². The van der Waals surface area contributed by atoms with E-state index in [-0.39, 0.29) is 23.8 Å². The van der Waals surface area contributed by atoms with E-state index in [9.17, 15) is 4.79 Å². The Labute approximate surface area is 102 Å². The van der Waals surface area contributed by atoms with Crippen LogP contribution in [-0.2, 0) is 4.79 Å². The molecule has 1 rings (SSSR count). The Balaban J connectivity index is 2.24. The summed E-state index contributed by atoms with van der Waals surface area (Å²) in [5, 5.41) is 12.4. The molecule has 2 N–H and O–H groups in total. The molecular formula is C11H22N2O2S. The molecule has 2 unspecified atom stereocenters. The Morgan fingerprint density at radius 1 is 1.62 bits per heavy atom. The van der Waals surface area contributed by atoms with Crippen LogP contribution in [0.2, 0.25) is 0 Å². The van der Waals surface area contributed by atoms with E-state index in [0.717, 1.165) is 12.8 Å². The van der Waals surface area contributed by atoms with E-state index >= 15 is 0 Å². The minimum absolute atomic E-state index is 0.141. The SMILES string of the molecule is CSC(CO)C(C)NCC(=O)N(C)C1CC1. The zero-order valence-electron chi connectivity index (χ0n) is 10.3. The number of thioether (sulfide) groups is 1. The largest absolute Gasteiger partial charge is 0.395 e. The van der Waals surface area contributed by atoms with Crippen LogP contribution in [0.25, 0.3) is 0 Å². The Morgan fingerprint density at radius 3 is 2.69 bits per heavy atom. The summed E-state index contributed by atoms with van der Waals surface area (Å²) in [6, 6.07) is 0.621. The molecule has 0 bridgehead atoms. The number of aliphatic hydroxyl groups is 1. The Hall–Kier alpha value is -0.260. The Kier molecular flexibility index (Phi) is 5.58. The molecule has 16 heavy (non-hydrogen) atoms. The number of nitrogens with zero attached hydrogens (tertiary/aromatic N) is 1. The normalized spacial score (nSPS) is 19.2. The number of hydrogen-bond acceptors (Lipinski definition) is 4. The van der Waals surface area contributed by atoms with Gasteiger partial charge in [0.1, 0.15) is 0 Å². The summed E-state index contributed by atoms with van der Waals surface area (Å²) in [6.07, 6.45) is 4.25. The Morgan fingerprint density at radius 2 is 2.25 bits per heavy atom. The quantitative estimate of drug-likeness (QED) is 0.679. The molecule has 0 spiro atoms. The maximum atomic E-state index is 11.7. The number of carbonyl (C=O) groups excluding carboxylic acids is 1. The number of nitrogens with one attached hydrogen (secondary N) is 1. The maximum absolute atomic E-state index is 11.7. The summed E-state index contributed by atoms with van der Waals surface area (Å²) < 4.78 is 0. The summed E-state index contributed by atoms with van der Waals surface area (Å²) in [4.78, 5) is 13.5. The highest BCUT2D eigenvalue weighted by Gasteiger charge is 2.29. The fraction of sp³-hybridized carbons (Fsp3) is 0.909. The molecule has 2 atom stereocenters. The summed E-state index contributed by atoms with van der Waals surface area (Å²) >= 11 is 1.62. The fourth-order valence-electron chi connectivity index (χ4n) is 1.61. The number of likely N-dealkylation sites (N-methyl/N-ethyl adjacent to an activating group) is 1. The summed E-state index contributed by atoms with van der Waals surface area (Å²) in [7, 11) is 1.87. The van der Waals surface area contributed by atoms with E-state index in [0.29, 0.717) is 12.6 Å². The van der Waals surface area contributed by atoms with Crippen LogP contribution in [0.15, 0.2) is 0 Å². The molecule has 0 aliphatic heterocycles. The van der Waals surface area contributed by atoms with Gasteiger partial charge in [-0.15, -0.1) is 0 Å². The molecule has 1 amide bonds. The molecule has 0 saturated heterocycles. The molecule has 4 nitrogen and oxygen atoms in total. The predicted octanol–water partition coefficient (Wildman–Crippen LogP) is 0.309. The monoisotopic (exact) mass is 246 g/mol. The first kappa shape index (κ1) is 13.8. The van der Waals surface area contributed by atoms with Gasteiger partial charge < -0.3 is 15.3 Å². The van der Waals surface area contributed by atoms with Gasteiger partial charge in [-0.3, -0.25) is 4.79 Å². The molecule has 0 aromatic carbocycles. The van der Waals surface area contributed by atoms with Gasteiger partial charge in [0.15, 0.2) is 0 Å². The first-order valence-corrected chi connectivity index (χ1v) is 7.01. The van der Waals surface area contributed by atoms with Crippen molar-refractivity contribution in [1.29, 1.82) is 0 Å². The first-order chi connectivity index (χ1) is 7.60. The standard InChI is InChI=1S/C11H22N2O2S/c1-8(10(7-14)16-3)12-6-11(15)13(2)9-4-5-9/h8-10,12,14H,4-7H2,1-3H3. The molecule has 0 radical (unpaired) electrons. The third kappa shape index (κ3) is 3.96. The van der Waals surface area contributed by atoms with Gasteiger partial charge in [-0.05, 0) is 26.0 Å². The number of hydrogen-bond donors (Lipinski definition) is 2. The van der Waals surface area contributed by atoms with E-state index in [2.05, 4.69) is 5.32 Å². The van der Waals surface area contributed by atoms with Gasteiger partial charge >= 0.3 is 0 Å². The predicted molar refractivity (Wildman–Crippen MR) is 67.6 cm³/mol. The molecule has 0 aromatic heterocycles. The van der Waals surface area contributed by atoms with Crippen LogP contribution >= 0.6 is 11.8 Å². The Bertz CT molecular complexity index is 230. The van der Waals surface area contributed by atoms with Crippen molar-refractivity contribution < 1.29 is 9.90 Å². The van der Waals surface area contributed by atoms with Crippen LogP contribution in [0, 0.1) is 0 Å². The first-order valence-electron chi connectivity index (χ1n) is 5.72. The summed E-state index contributed by atoms with van der Waals surface area (Å²) in [5.41, 5.74) is 0. The molecule has 5 heteroatoms. The highest BCUT2D eigenvalue weighted by atomic mass is 32.2. The minimum atomic E-state index is 0.141. The van der Waals surface area contributed by atoms with Crippen molar-refractivity contribution in [2.75, 3.05) is 26.5 Å². The van der Waals surface area contributed by atoms with Gasteiger partial charge in [0.05, 0.1) is 13.2 Å². The maximum Gasteiger partial charge on any atom is 0.236 e. The molecule has 0 aromatic rings. The number of carbonyl (C=O) groups is 1. The second kappa shape index (κ2) is 6.47. The van der Waals surface area contributed by atoms with Crippen LogP contribution in [0.4, 0.5) is 0 Å². The molecule has 1 aliphatic carbocycles. The van der Waals surface area contributed by atoms with Crippen LogP contribution in [0.5, 0.6) is 0 Å². The second-order valence-electron chi connectivity index (χ2n) is 4.36. The lowest BCUT2D eigenvalue weighted by Crippen LogP contribution is -2.44. The molecule has 1 aliphatic rings. The van der Waals surface area contributed by atoms with E-state index in [1.165, 1.54) is 0 Å². The number of aliphatic hydroxyl groups excluding tert-OH is 1. The highest BCUT2D eigenvalue weighted by molar-refractivity contribution is 7.99. The van der Waals surface area contributed by atoms with E-state index in [1.54, 1.807) is 11.8 Å². The lowest BCUT2D eigenvalue weighted by Gasteiger charge is -2.23. The van der Waals surface area contributed by atoms with Gasteiger partial charge in [-0.2, -0.15) is 11.8 Å². The average Bonchev–Trinajstić information content (AvgIpc) is 3.10. The van der Waals surface area contributed by atoms with Gasteiger partial charge in [-0.25, -0.2) is 0 Å². The topological polar surface area (TPSA) is 52.6 Å². The summed E-state index contributed by atoms with van der Waals surface area (Å²) in [5.74, 6) is 0.146. The van der Waals surface area contributed by atoms with Crippen LogP contribution < -0.4 is 5.32 Å². The van der Waals surface area contributed by atoms with Crippen LogP contribution in [-0.4, -0.2) is 59.7 Å². The zero-order chi connectivity index (χ0) is 12.1. The highest BCUT2D eigenvalue weighted by Crippen LogP contribution is 2.25. The van der Waals surface area contributed by atoms with E-state index in [4.69, 9.17) is 5.11 Å². The van der Waals surface area contributed by atoms with Crippen molar-refractivity contribution in [3.63, 3.8) is 0 Å². The number of rotatable bonds is 7. The molecule has 0 heterocycles. The lowest BCUT2D eigenvalue weighted by atomic mass is 10.2. The van der Waals surface area contributed by atoms with Crippen LogP contribution in [0.1, 0.15) is 19.8 Å². The molecule has 94 valence electrons. The lowest BCUT2D eigenvalue weighted by molar-refractivity contribution is -0.129. The summed E-state index contributed by atoms with van der Waals surface area (Å²) in [6.45, 7) is 2.51. The zero-order valence-corrected chi connectivity index (χ0v) is 11.1. The van der Waals surface area contributed by atoms with Gasteiger partial charge in [-0.1, -0.05) is 0 Å². The van der Waals surface area contributed by atoms with E-state index in [1.807, 2.05) is 25.1 Å². The smallest absolute Gasteiger partial charge is 0.236 e. The van der Waals surface area contributed by atoms with Crippen molar-refractivity contribution in [3.8, 4) is 0 Å². The van der Waals surface area contributed by atoms with Crippen LogP contribution in [0.3, 0.4) is 0 Å². The third-order valence-corrected chi connectivity index (χ3v) is 4.27. The van der Waals surface area contributed by atoms with E-state index < -0.39 is 0 Å². The third-order valence-electron chi connectivity index (χ3n) is 3.10. The van der Waals surface area contributed by atoms with Crippen molar-refractivity contribution in [1.82, 2.24) is 10.2 Å². The van der Waals surface area contributed by atoms with Crippen molar-refractivity contribution >= 4 is 17.7 Å². The second-order valence-corrected chi connectivity index (χ2v) is 5.44. The minimum Gasteiger partial charge on any atom is -0.395 e. The van der Waals surface area contributed by atoms with Crippen molar-refractivity contribution in [2.24, 2.45) is 0 Å². The van der Waals surface area contributed by atoms with Gasteiger partial charge in [0, 0.05) is 24.4 Å².